The number of allylic oxidation sites excluding steroid dienone is 5. The summed E-state index contributed by atoms with van der Waals surface area (Å²) in [5.74, 6) is 0.0884. The molecule has 3 aliphatic rings. The van der Waals surface area contributed by atoms with E-state index in [9.17, 15) is 9.90 Å². The van der Waals surface area contributed by atoms with Gasteiger partial charge >= 0.3 is 0 Å². The summed E-state index contributed by atoms with van der Waals surface area (Å²) in [5.41, 5.74) is 5.48. The number of nitrogens with one attached hydrogen (secondary N) is 2. The zero-order valence-corrected chi connectivity index (χ0v) is 12.0. The third-order valence-corrected chi connectivity index (χ3v) is 4.30. The van der Waals surface area contributed by atoms with Crippen LogP contribution < -0.4 is 10.6 Å². The highest BCUT2D eigenvalue weighted by Gasteiger charge is 2.35. The highest BCUT2D eigenvalue weighted by molar-refractivity contribution is 6.01. The van der Waals surface area contributed by atoms with Gasteiger partial charge in [-0.1, -0.05) is 24.3 Å². The minimum absolute atomic E-state index is 0.0254. The van der Waals surface area contributed by atoms with E-state index in [1.807, 2.05) is 42.5 Å². The number of fused-ring (bicyclic) bond motifs is 2. The first kappa shape index (κ1) is 13.1. The number of carbonyl (C=O) groups excluding carboxylic acids is 1. The molecule has 1 aromatic rings. The van der Waals surface area contributed by atoms with Crippen LogP contribution >= 0.6 is 0 Å². The van der Waals surface area contributed by atoms with Crippen LogP contribution in [0.1, 0.15) is 17.5 Å². The van der Waals surface area contributed by atoms with E-state index in [4.69, 9.17) is 0 Å². The molecule has 2 aliphatic heterocycles. The van der Waals surface area contributed by atoms with Gasteiger partial charge in [0.05, 0.1) is 6.61 Å². The average molecular weight is 292 g/mol. The molecule has 110 valence electrons. The minimum Gasteiger partial charge on any atom is -0.392 e. The van der Waals surface area contributed by atoms with Gasteiger partial charge < -0.3 is 15.7 Å². The molecule has 4 rings (SSSR count). The van der Waals surface area contributed by atoms with Crippen molar-refractivity contribution in [3.63, 3.8) is 0 Å². The highest BCUT2D eigenvalue weighted by Crippen LogP contribution is 2.36. The van der Waals surface area contributed by atoms with Crippen LogP contribution in [0.4, 0.5) is 5.69 Å². The summed E-state index contributed by atoms with van der Waals surface area (Å²) in [4.78, 5) is 12.3. The molecule has 1 unspecified atom stereocenters. The Kier molecular flexibility index (Phi) is 2.98. The van der Waals surface area contributed by atoms with Crippen molar-refractivity contribution in [1.29, 1.82) is 0 Å². The van der Waals surface area contributed by atoms with Crippen molar-refractivity contribution < 1.29 is 9.90 Å². The van der Waals surface area contributed by atoms with E-state index in [0.717, 1.165) is 40.2 Å². The van der Waals surface area contributed by atoms with Crippen molar-refractivity contribution in [3.8, 4) is 0 Å². The van der Waals surface area contributed by atoms with Crippen molar-refractivity contribution >= 4 is 17.7 Å². The lowest BCUT2D eigenvalue weighted by Gasteiger charge is -2.20. The maximum absolute atomic E-state index is 12.3. The number of carbonyl (C=O) groups is 1. The predicted octanol–water partition coefficient (Wildman–Crippen LogP) is 2.46. The molecule has 1 saturated heterocycles. The molecule has 1 amide bonds. The second kappa shape index (κ2) is 5.00. The largest absolute Gasteiger partial charge is 0.392 e. The van der Waals surface area contributed by atoms with Gasteiger partial charge in [0, 0.05) is 28.6 Å². The second-order valence-corrected chi connectivity index (χ2v) is 5.66. The fourth-order valence-corrected chi connectivity index (χ4v) is 3.18. The Morgan fingerprint density at radius 3 is 3.00 bits per heavy atom. The molecule has 2 heterocycles. The Balaban J connectivity index is 1.74. The van der Waals surface area contributed by atoms with Gasteiger partial charge in [0.25, 0.3) is 5.91 Å². The van der Waals surface area contributed by atoms with Crippen LogP contribution in [0.5, 0.6) is 0 Å². The molecule has 0 saturated carbocycles. The lowest BCUT2D eigenvalue weighted by Crippen LogP contribution is -2.16. The van der Waals surface area contributed by atoms with Gasteiger partial charge in [0.1, 0.15) is 0 Å². The number of aliphatic hydroxyl groups excluding tert-OH is 1. The van der Waals surface area contributed by atoms with Crippen LogP contribution in [0.2, 0.25) is 0 Å². The average Bonchev–Trinajstić information content (AvgIpc) is 2.89. The summed E-state index contributed by atoms with van der Waals surface area (Å²) in [7, 11) is 0. The first-order valence-electron chi connectivity index (χ1n) is 7.37. The van der Waals surface area contributed by atoms with Crippen molar-refractivity contribution in [1.82, 2.24) is 5.32 Å². The van der Waals surface area contributed by atoms with Crippen molar-refractivity contribution in [2.24, 2.45) is 5.92 Å². The fraction of sp³-hybridized carbons (Fsp3) is 0.167. The van der Waals surface area contributed by atoms with E-state index in [0.29, 0.717) is 0 Å². The Morgan fingerprint density at radius 1 is 1.23 bits per heavy atom. The summed E-state index contributed by atoms with van der Waals surface area (Å²) in [6.45, 7) is 0.0278. The molecule has 4 heteroatoms. The van der Waals surface area contributed by atoms with Crippen LogP contribution in [0.3, 0.4) is 0 Å². The van der Waals surface area contributed by atoms with E-state index < -0.39 is 0 Å². The van der Waals surface area contributed by atoms with Crippen molar-refractivity contribution in [2.45, 2.75) is 13.0 Å². The smallest absolute Gasteiger partial charge is 0.254 e. The third-order valence-electron chi connectivity index (χ3n) is 4.30. The quantitative estimate of drug-likeness (QED) is 0.697. The number of rotatable bonds is 1. The molecule has 1 fully saturated rings. The van der Waals surface area contributed by atoms with Crippen LogP contribution in [0.25, 0.3) is 6.08 Å². The molecule has 1 aromatic carbocycles. The molecular weight excluding hydrogens is 276 g/mol. The summed E-state index contributed by atoms with van der Waals surface area (Å²) in [5, 5.41) is 15.5. The van der Waals surface area contributed by atoms with Crippen molar-refractivity contribution in [2.75, 3.05) is 5.32 Å². The summed E-state index contributed by atoms with van der Waals surface area (Å²) >= 11 is 0. The summed E-state index contributed by atoms with van der Waals surface area (Å²) in [6.07, 6.45) is 10.8. The van der Waals surface area contributed by atoms with Crippen LogP contribution in [0, 0.1) is 5.92 Å². The second-order valence-electron chi connectivity index (χ2n) is 5.66. The van der Waals surface area contributed by atoms with E-state index in [1.165, 1.54) is 0 Å². The van der Waals surface area contributed by atoms with Gasteiger partial charge in [0.2, 0.25) is 0 Å². The molecule has 1 aliphatic carbocycles. The van der Waals surface area contributed by atoms with Gasteiger partial charge in [-0.2, -0.15) is 0 Å². The molecule has 0 aromatic heterocycles. The van der Waals surface area contributed by atoms with Gasteiger partial charge in [-0.05, 0) is 41.8 Å². The Bertz CT molecular complexity index is 784. The zero-order chi connectivity index (χ0) is 15.1. The molecule has 22 heavy (non-hydrogen) atoms. The zero-order valence-electron chi connectivity index (χ0n) is 12.0. The first-order valence-corrected chi connectivity index (χ1v) is 7.37. The lowest BCUT2D eigenvalue weighted by atomic mass is 9.90. The maximum Gasteiger partial charge on any atom is 0.254 e. The van der Waals surface area contributed by atoms with Crippen LogP contribution in [-0.2, 0) is 11.4 Å². The number of hydrogen-bond acceptors (Lipinski definition) is 3. The number of hydrogen-bond donors (Lipinski definition) is 3. The Hall–Kier alpha value is -2.59. The molecular formula is C18H16N2O2. The highest BCUT2D eigenvalue weighted by atomic mass is 16.3. The van der Waals surface area contributed by atoms with Gasteiger partial charge in [-0.25, -0.2) is 0 Å². The lowest BCUT2D eigenvalue weighted by molar-refractivity contribution is -0.116. The topological polar surface area (TPSA) is 61.4 Å². The normalized spacial score (nSPS) is 25.2. The third kappa shape index (κ3) is 2.00. The Labute approximate surface area is 128 Å². The summed E-state index contributed by atoms with van der Waals surface area (Å²) < 4.78 is 0. The maximum atomic E-state index is 12.3. The number of amides is 1. The SMILES string of the molecule is O=C1NC2=CC=CCC2C1=C1C=Cc2cc(CO)ccc2N1. The van der Waals surface area contributed by atoms with Crippen molar-refractivity contribution in [3.05, 3.63) is 70.6 Å². The van der Waals surface area contributed by atoms with Crippen LogP contribution in [-0.4, -0.2) is 11.0 Å². The van der Waals surface area contributed by atoms with E-state index in [-0.39, 0.29) is 18.4 Å². The minimum atomic E-state index is -0.0254. The van der Waals surface area contributed by atoms with Gasteiger partial charge in [-0.3, -0.25) is 4.79 Å². The van der Waals surface area contributed by atoms with Gasteiger partial charge in [0.15, 0.2) is 0 Å². The van der Waals surface area contributed by atoms with E-state index in [1.54, 1.807) is 0 Å². The fourth-order valence-electron chi connectivity index (χ4n) is 3.18. The first-order chi connectivity index (χ1) is 10.8. The van der Waals surface area contributed by atoms with E-state index in [2.05, 4.69) is 16.7 Å². The number of benzene rings is 1. The molecule has 0 spiro atoms. The van der Waals surface area contributed by atoms with Gasteiger partial charge in [-0.15, -0.1) is 0 Å². The molecule has 1 atom stereocenters. The molecule has 4 nitrogen and oxygen atoms in total. The number of anilines is 1. The molecule has 0 radical (unpaired) electrons. The van der Waals surface area contributed by atoms with E-state index >= 15 is 0 Å². The Morgan fingerprint density at radius 2 is 2.14 bits per heavy atom. The summed E-state index contributed by atoms with van der Waals surface area (Å²) in [6, 6.07) is 5.77. The number of aliphatic hydroxyl groups is 1. The standard InChI is InChI=1S/C18H16N2O2/c21-10-11-5-7-14-12(9-11)6-8-16(19-14)17-13-3-1-2-4-15(13)20-18(17)22/h1-2,4-9,13,19,21H,3,10H2,(H,20,22). The predicted molar refractivity (Wildman–Crippen MR) is 85.5 cm³/mol. The molecule has 3 N–H and O–H groups in total. The monoisotopic (exact) mass is 292 g/mol. The molecule has 0 bridgehead atoms. The van der Waals surface area contributed by atoms with Crippen LogP contribution in [0.15, 0.2) is 59.5 Å².